The molecule has 0 atom stereocenters. The van der Waals surface area contributed by atoms with E-state index < -0.39 is 0 Å². The molecule has 0 amide bonds. The van der Waals surface area contributed by atoms with Crippen LogP contribution in [0, 0.1) is 5.82 Å². The summed E-state index contributed by atoms with van der Waals surface area (Å²) in [6.45, 7) is 2.35. The zero-order valence-electron chi connectivity index (χ0n) is 11.0. The van der Waals surface area contributed by atoms with Crippen LogP contribution in [0.15, 0.2) is 27.5 Å². The lowest BCUT2D eigenvalue weighted by atomic mass is 10.2. The molecule has 20 heavy (non-hydrogen) atoms. The maximum absolute atomic E-state index is 13.8. The summed E-state index contributed by atoms with van der Waals surface area (Å²) in [5.41, 5.74) is 0.547. The summed E-state index contributed by atoms with van der Waals surface area (Å²) in [4.78, 5) is 13.9. The zero-order chi connectivity index (χ0) is 14.3. The third-order valence-electron chi connectivity index (χ3n) is 3.53. The molecule has 0 aliphatic carbocycles. The molecule has 0 unspecified atom stereocenters. The van der Waals surface area contributed by atoms with Gasteiger partial charge in [-0.05, 0) is 12.1 Å². The Balaban J connectivity index is 1.83. The van der Waals surface area contributed by atoms with E-state index in [4.69, 9.17) is 0 Å². The molecule has 0 saturated carbocycles. The van der Waals surface area contributed by atoms with E-state index >= 15 is 0 Å². The van der Waals surface area contributed by atoms with Crippen molar-refractivity contribution in [1.82, 2.24) is 19.2 Å². The van der Waals surface area contributed by atoms with Crippen molar-refractivity contribution in [2.45, 2.75) is 19.6 Å². The number of halogens is 2. The molecule has 7 heteroatoms. The molecular formula is C13H14BrFN4O. The van der Waals surface area contributed by atoms with Crippen molar-refractivity contribution in [2.24, 2.45) is 7.05 Å². The number of benzene rings is 1. The number of nitrogens with zero attached hydrogens (tertiary/aromatic N) is 4. The highest BCUT2D eigenvalue weighted by Gasteiger charge is 2.22. The average Bonchev–Trinajstić information content (AvgIpc) is 2.69. The van der Waals surface area contributed by atoms with Crippen LogP contribution in [0.25, 0.3) is 0 Å². The van der Waals surface area contributed by atoms with Gasteiger partial charge in [-0.25, -0.2) is 13.9 Å². The summed E-state index contributed by atoms with van der Waals surface area (Å²) in [5.74, 6) is 0.513. The second kappa shape index (κ2) is 5.14. The summed E-state index contributed by atoms with van der Waals surface area (Å²) in [6.07, 6.45) is 0. The molecular weight excluding hydrogens is 327 g/mol. The van der Waals surface area contributed by atoms with Gasteiger partial charge in [-0.1, -0.05) is 22.0 Å². The van der Waals surface area contributed by atoms with Gasteiger partial charge in [0.05, 0.1) is 6.54 Å². The van der Waals surface area contributed by atoms with Crippen LogP contribution in [-0.2, 0) is 26.7 Å². The molecule has 1 aliphatic heterocycles. The first-order valence-electron chi connectivity index (χ1n) is 6.34. The van der Waals surface area contributed by atoms with E-state index in [2.05, 4.69) is 25.9 Å². The summed E-state index contributed by atoms with van der Waals surface area (Å²) in [6, 6.07) is 4.97. The number of aryl methyl sites for hydroxylation is 1. The van der Waals surface area contributed by atoms with Crippen molar-refractivity contribution in [3.8, 4) is 0 Å². The Bertz CT molecular complexity index is 689. The van der Waals surface area contributed by atoms with Crippen LogP contribution in [0.4, 0.5) is 4.39 Å². The lowest BCUT2D eigenvalue weighted by Gasteiger charge is -2.26. The minimum absolute atomic E-state index is 0.0910. The molecule has 0 fully saturated rings. The molecule has 1 aromatic heterocycles. The van der Waals surface area contributed by atoms with Crippen molar-refractivity contribution in [3.05, 3.63) is 50.4 Å². The smallest absolute Gasteiger partial charge is 0.290 e. The maximum Gasteiger partial charge on any atom is 0.345 e. The minimum Gasteiger partial charge on any atom is -0.290 e. The van der Waals surface area contributed by atoms with Gasteiger partial charge in [-0.15, -0.1) is 0 Å². The number of fused-ring (bicyclic) bond motifs is 1. The molecule has 1 aromatic carbocycles. The first kappa shape index (κ1) is 13.5. The molecule has 2 aromatic rings. The lowest BCUT2D eigenvalue weighted by Crippen LogP contribution is -2.37. The van der Waals surface area contributed by atoms with Gasteiger partial charge in [0.25, 0.3) is 0 Å². The number of rotatable bonds is 2. The third-order valence-corrected chi connectivity index (χ3v) is 4.28. The van der Waals surface area contributed by atoms with E-state index in [1.807, 2.05) is 6.07 Å². The van der Waals surface area contributed by atoms with Gasteiger partial charge in [-0.3, -0.25) is 9.47 Å². The molecule has 0 N–H and O–H groups in total. The Hall–Kier alpha value is -1.47. The van der Waals surface area contributed by atoms with E-state index in [9.17, 15) is 9.18 Å². The van der Waals surface area contributed by atoms with E-state index in [0.717, 1.165) is 10.3 Å². The van der Waals surface area contributed by atoms with Gasteiger partial charge in [-0.2, -0.15) is 5.10 Å². The molecule has 5 nitrogen and oxygen atoms in total. The van der Waals surface area contributed by atoms with Gasteiger partial charge >= 0.3 is 5.69 Å². The number of hydrogen-bond acceptors (Lipinski definition) is 3. The minimum atomic E-state index is -0.219. The highest BCUT2D eigenvalue weighted by Crippen LogP contribution is 2.22. The fourth-order valence-corrected chi connectivity index (χ4v) is 2.93. The van der Waals surface area contributed by atoms with Crippen LogP contribution >= 0.6 is 15.9 Å². The van der Waals surface area contributed by atoms with Crippen LogP contribution in [-0.4, -0.2) is 25.8 Å². The quantitative estimate of drug-likeness (QED) is 0.832. The largest absolute Gasteiger partial charge is 0.345 e. The predicted octanol–water partition coefficient (Wildman–Crippen LogP) is 1.50. The maximum atomic E-state index is 13.8. The predicted molar refractivity (Wildman–Crippen MR) is 75.7 cm³/mol. The molecule has 0 spiro atoms. The summed E-state index contributed by atoms with van der Waals surface area (Å²) in [7, 11) is 1.64. The van der Waals surface area contributed by atoms with E-state index in [-0.39, 0.29) is 11.5 Å². The first-order valence-corrected chi connectivity index (χ1v) is 7.13. The zero-order valence-corrected chi connectivity index (χ0v) is 12.6. The molecule has 0 saturated heterocycles. The van der Waals surface area contributed by atoms with Crippen LogP contribution in [0.1, 0.15) is 11.4 Å². The highest BCUT2D eigenvalue weighted by molar-refractivity contribution is 9.10. The SMILES string of the molecule is Cn1nc2n(c1=O)CCN(Cc1c(F)cccc1Br)C2. The Kier molecular flexibility index (Phi) is 3.47. The molecule has 0 bridgehead atoms. The van der Waals surface area contributed by atoms with Crippen LogP contribution in [0.2, 0.25) is 0 Å². The standard InChI is InChI=1S/C13H14BrFN4O/c1-17-13(20)19-6-5-18(8-12(19)16-17)7-9-10(14)3-2-4-11(9)15/h2-4H,5-8H2,1H3. The van der Waals surface area contributed by atoms with Gasteiger partial charge in [0, 0.05) is 36.7 Å². The normalized spacial score (nSPS) is 15.3. The average molecular weight is 341 g/mol. The van der Waals surface area contributed by atoms with Crippen molar-refractivity contribution in [1.29, 1.82) is 0 Å². The number of hydrogen-bond donors (Lipinski definition) is 0. The van der Waals surface area contributed by atoms with Gasteiger partial charge in [0.2, 0.25) is 0 Å². The monoisotopic (exact) mass is 340 g/mol. The first-order chi connectivity index (χ1) is 9.56. The van der Waals surface area contributed by atoms with Gasteiger partial charge in [0.15, 0.2) is 0 Å². The highest BCUT2D eigenvalue weighted by atomic mass is 79.9. The van der Waals surface area contributed by atoms with E-state index in [0.29, 0.717) is 31.7 Å². The summed E-state index contributed by atoms with van der Waals surface area (Å²) < 4.78 is 17.6. The molecule has 1 aliphatic rings. The molecule has 2 heterocycles. The van der Waals surface area contributed by atoms with Gasteiger partial charge < -0.3 is 0 Å². The Morgan fingerprint density at radius 2 is 2.20 bits per heavy atom. The van der Waals surface area contributed by atoms with Crippen LogP contribution < -0.4 is 5.69 Å². The Labute approximate surface area is 123 Å². The second-order valence-electron chi connectivity index (χ2n) is 4.88. The second-order valence-corrected chi connectivity index (χ2v) is 5.74. The number of aromatic nitrogens is 3. The topological polar surface area (TPSA) is 43.1 Å². The van der Waals surface area contributed by atoms with E-state index in [1.165, 1.54) is 10.7 Å². The summed E-state index contributed by atoms with van der Waals surface area (Å²) >= 11 is 3.38. The third kappa shape index (κ3) is 2.31. The molecule has 0 radical (unpaired) electrons. The van der Waals surface area contributed by atoms with Crippen LogP contribution in [0.5, 0.6) is 0 Å². The Morgan fingerprint density at radius 3 is 2.95 bits per heavy atom. The van der Waals surface area contributed by atoms with Crippen molar-refractivity contribution < 1.29 is 4.39 Å². The van der Waals surface area contributed by atoms with Crippen molar-refractivity contribution in [2.75, 3.05) is 6.54 Å². The lowest BCUT2D eigenvalue weighted by molar-refractivity contribution is 0.204. The van der Waals surface area contributed by atoms with Gasteiger partial charge in [0.1, 0.15) is 11.6 Å². The fraction of sp³-hybridized carbons (Fsp3) is 0.385. The van der Waals surface area contributed by atoms with Crippen molar-refractivity contribution >= 4 is 15.9 Å². The molecule has 3 rings (SSSR count). The van der Waals surface area contributed by atoms with E-state index in [1.54, 1.807) is 17.7 Å². The van der Waals surface area contributed by atoms with Crippen LogP contribution in [0.3, 0.4) is 0 Å². The molecule has 106 valence electrons. The summed E-state index contributed by atoms with van der Waals surface area (Å²) in [5, 5.41) is 4.21. The van der Waals surface area contributed by atoms with Crippen molar-refractivity contribution in [3.63, 3.8) is 0 Å². The fourth-order valence-electron chi connectivity index (χ4n) is 2.46. The Morgan fingerprint density at radius 1 is 1.40 bits per heavy atom.